The van der Waals surface area contributed by atoms with Crippen LogP contribution in [0.15, 0.2) is 22.8 Å². The zero-order valence-electron chi connectivity index (χ0n) is 11.9. The Labute approximate surface area is 106 Å². The third-order valence-electron chi connectivity index (χ3n) is 2.69. The summed E-state index contributed by atoms with van der Waals surface area (Å²) in [6.07, 6.45) is 6.62. The molecule has 0 radical (unpaired) electrons. The average molecular weight is 238 g/mol. The van der Waals surface area contributed by atoms with Gasteiger partial charge < -0.3 is 4.74 Å². The minimum absolute atomic E-state index is 0.172. The molecule has 0 aromatic rings. The van der Waals surface area contributed by atoms with E-state index >= 15 is 0 Å². The summed E-state index contributed by atoms with van der Waals surface area (Å²) < 4.78 is 5.18. The highest BCUT2D eigenvalue weighted by molar-refractivity contribution is 5.88. The lowest BCUT2D eigenvalue weighted by Crippen LogP contribution is -2.08. The van der Waals surface area contributed by atoms with Crippen LogP contribution in [0.4, 0.5) is 0 Å². The molecule has 0 fully saturated rings. The first-order valence-corrected chi connectivity index (χ1v) is 6.39. The fourth-order valence-corrected chi connectivity index (χ4v) is 1.29. The van der Waals surface area contributed by atoms with Crippen LogP contribution in [0.25, 0.3) is 0 Å². The van der Waals surface area contributed by atoms with E-state index in [9.17, 15) is 4.79 Å². The highest BCUT2D eigenvalue weighted by Crippen LogP contribution is 2.07. The second-order valence-electron chi connectivity index (χ2n) is 4.89. The summed E-state index contributed by atoms with van der Waals surface area (Å²) in [4.78, 5) is 11.5. The molecule has 0 bridgehead atoms. The van der Waals surface area contributed by atoms with Crippen LogP contribution in [0, 0.1) is 0 Å². The van der Waals surface area contributed by atoms with Crippen molar-refractivity contribution in [2.75, 3.05) is 6.61 Å². The lowest BCUT2D eigenvalue weighted by molar-refractivity contribution is -0.139. The second-order valence-corrected chi connectivity index (χ2v) is 4.89. The smallest absolute Gasteiger partial charge is 0.333 e. The van der Waals surface area contributed by atoms with Gasteiger partial charge in [-0.05, 0) is 60.3 Å². The normalized spacial score (nSPS) is 9.71. The molecule has 98 valence electrons. The molecule has 0 atom stereocenters. The van der Waals surface area contributed by atoms with E-state index in [1.54, 1.807) is 0 Å². The standard InChI is InChI=1S/C15H26O2/c1-12(2)10-8-6-7-9-11-17-15(16)14(5)13(3)4/h10H,6-9,11H2,1-5H3. The van der Waals surface area contributed by atoms with E-state index in [-0.39, 0.29) is 5.97 Å². The first-order chi connectivity index (χ1) is 7.95. The van der Waals surface area contributed by atoms with Crippen LogP contribution < -0.4 is 0 Å². The quantitative estimate of drug-likeness (QED) is 0.284. The van der Waals surface area contributed by atoms with Gasteiger partial charge in [0.2, 0.25) is 0 Å². The maximum atomic E-state index is 11.5. The van der Waals surface area contributed by atoms with Crippen LogP contribution in [-0.4, -0.2) is 12.6 Å². The number of unbranched alkanes of at least 4 members (excludes halogenated alkanes) is 3. The summed E-state index contributed by atoms with van der Waals surface area (Å²) in [7, 11) is 0. The highest BCUT2D eigenvalue weighted by atomic mass is 16.5. The minimum Gasteiger partial charge on any atom is -0.462 e. The third-order valence-corrected chi connectivity index (χ3v) is 2.69. The topological polar surface area (TPSA) is 26.3 Å². The Balaban J connectivity index is 3.56. The van der Waals surface area contributed by atoms with Crippen LogP contribution in [0.5, 0.6) is 0 Å². The van der Waals surface area contributed by atoms with Crippen molar-refractivity contribution in [3.63, 3.8) is 0 Å². The zero-order chi connectivity index (χ0) is 13.3. The van der Waals surface area contributed by atoms with Gasteiger partial charge in [-0.1, -0.05) is 17.2 Å². The number of carbonyl (C=O) groups is 1. The number of ether oxygens (including phenoxy) is 1. The first-order valence-electron chi connectivity index (χ1n) is 6.39. The molecular formula is C15H26O2. The van der Waals surface area contributed by atoms with E-state index in [1.807, 2.05) is 20.8 Å². The van der Waals surface area contributed by atoms with Gasteiger partial charge in [0.25, 0.3) is 0 Å². The summed E-state index contributed by atoms with van der Waals surface area (Å²) in [5.74, 6) is -0.172. The van der Waals surface area contributed by atoms with Crippen molar-refractivity contribution in [2.45, 2.75) is 60.3 Å². The summed E-state index contributed by atoms with van der Waals surface area (Å²) in [6, 6.07) is 0. The zero-order valence-corrected chi connectivity index (χ0v) is 11.9. The molecule has 0 heterocycles. The molecule has 0 N–H and O–H groups in total. The number of esters is 1. The molecule has 0 aromatic carbocycles. The Hall–Kier alpha value is -1.05. The maximum Gasteiger partial charge on any atom is 0.333 e. The molecule has 0 aromatic heterocycles. The monoisotopic (exact) mass is 238 g/mol. The predicted octanol–water partition coefficient (Wildman–Crippen LogP) is 4.41. The Bertz CT molecular complexity index is 290. The molecule has 2 nitrogen and oxygen atoms in total. The Kier molecular flexibility index (Phi) is 8.47. The molecular weight excluding hydrogens is 212 g/mol. The van der Waals surface area contributed by atoms with Gasteiger partial charge in [-0.25, -0.2) is 4.79 Å². The fourth-order valence-electron chi connectivity index (χ4n) is 1.29. The molecule has 0 spiro atoms. The van der Waals surface area contributed by atoms with Gasteiger partial charge in [0.15, 0.2) is 0 Å². The van der Waals surface area contributed by atoms with Gasteiger partial charge in [-0.2, -0.15) is 0 Å². The van der Waals surface area contributed by atoms with Gasteiger partial charge >= 0.3 is 5.97 Å². The summed E-state index contributed by atoms with van der Waals surface area (Å²) >= 11 is 0. The van der Waals surface area contributed by atoms with Crippen LogP contribution in [-0.2, 0) is 9.53 Å². The van der Waals surface area contributed by atoms with Gasteiger partial charge in [0.1, 0.15) is 0 Å². The van der Waals surface area contributed by atoms with Crippen molar-refractivity contribution < 1.29 is 9.53 Å². The van der Waals surface area contributed by atoms with Crippen LogP contribution >= 0.6 is 0 Å². The summed E-state index contributed by atoms with van der Waals surface area (Å²) in [5, 5.41) is 0. The number of hydrogen-bond donors (Lipinski definition) is 0. The van der Waals surface area contributed by atoms with E-state index < -0.39 is 0 Å². The largest absolute Gasteiger partial charge is 0.462 e. The Morgan fingerprint density at radius 3 is 2.18 bits per heavy atom. The van der Waals surface area contributed by atoms with E-state index in [0.717, 1.165) is 30.4 Å². The third kappa shape index (κ3) is 8.73. The molecule has 0 rings (SSSR count). The van der Waals surface area contributed by atoms with Crippen LogP contribution in [0.2, 0.25) is 0 Å². The van der Waals surface area contributed by atoms with Gasteiger partial charge in [0, 0.05) is 5.57 Å². The molecule has 0 aliphatic carbocycles. The minimum atomic E-state index is -0.172. The van der Waals surface area contributed by atoms with Gasteiger partial charge in [-0.3, -0.25) is 0 Å². The Morgan fingerprint density at radius 2 is 1.65 bits per heavy atom. The molecule has 0 unspecified atom stereocenters. The van der Waals surface area contributed by atoms with Crippen LogP contribution in [0.1, 0.15) is 60.3 Å². The lowest BCUT2D eigenvalue weighted by atomic mass is 10.1. The predicted molar refractivity (Wildman–Crippen MR) is 72.9 cm³/mol. The molecule has 17 heavy (non-hydrogen) atoms. The van der Waals surface area contributed by atoms with Crippen molar-refractivity contribution in [3.05, 3.63) is 22.8 Å². The van der Waals surface area contributed by atoms with Crippen molar-refractivity contribution >= 4 is 5.97 Å². The van der Waals surface area contributed by atoms with Gasteiger partial charge in [0.05, 0.1) is 6.61 Å². The number of hydrogen-bond acceptors (Lipinski definition) is 2. The summed E-state index contributed by atoms with van der Waals surface area (Å²) in [5.41, 5.74) is 3.13. The molecule has 0 aliphatic heterocycles. The number of allylic oxidation sites excluding steroid dienone is 3. The van der Waals surface area contributed by atoms with E-state index in [0.29, 0.717) is 6.61 Å². The first kappa shape index (κ1) is 16.0. The SMILES string of the molecule is CC(C)=CCCCCCOC(=O)C(C)=C(C)C. The van der Waals surface area contributed by atoms with Crippen molar-refractivity contribution in [1.29, 1.82) is 0 Å². The number of rotatable bonds is 7. The van der Waals surface area contributed by atoms with Crippen molar-refractivity contribution in [1.82, 2.24) is 0 Å². The van der Waals surface area contributed by atoms with E-state index in [1.165, 1.54) is 12.0 Å². The molecule has 0 saturated heterocycles. The maximum absolute atomic E-state index is 11.5. The lowest BCUT2D eigenvalue weighted by Gasteiger charge is -2.05. The molecule has 0 aliphatic rings. The molecule has 0 saturated carbocycles. The molecule has 0 amide bonds. The molecule has 2 heteroatoms. The number of carbonyl (C=O) groups excluding carboxylic acids is 1. The average Bonchev–Trinajstić information content (AvgIpc) is 2.25. The van der Waals surface area contributed by atoms with E-state index in [2.05, 4.69) is 19.9 Å². The van der Waals surface area contributed by atoms with Crippen molar-refractivity contribution in [2.24, 2.45) is 0 Å². The Morgan fingerprint density at radius 1 is 1.00 bits per heavy atom. The van der Waals surface area contributed by atoms with Crippen LogP contribution in [0.3, 0.4) is 0 Å². The second kappa shape index (κ2) is 9.03. The fraction of sp³-hybridized carbons (Fsp3) is 0.667. The van der Waals surface area contributed by atoms with Gasteiger partial charge in [-0.15, -0.1) is 0 Å². The summed E-state index contributed by atoms with van der Waals surface area (Å²) in [6.45, 7) is 10.4. The highest BCUT2D eigenvalue weighted by Gasteiger charge is 2.06. The van der Waals surface area contributed by atoms with Crippen molar-refractivity contribution in [3.8, 4) is 0 Å². The van der Waals surface area contributed by atoms with E-state index in [4.69, 9.17) is 4.74 Å².